The van der Waals surface area contributed by atoms with Crippen molar-refractivity contribution in [3.05, 3.63) is 60.7 Å². The van der Waals surface area contributed by atoms with Gasteiger partial charge in [0.1, 0.15) is 0 Å². The Kier molecular flexibility index (Phi) is 11.7. The molecule has 0 atom stereocenters. The van der Waals surface area contributed by atoms with E-state index in [4.69, 9.17) is 0 Å². The van der Waals surface area contributed by atoms with Gasteiger partial charge in [0.15, 0.2) is 0 Å². The molecule has 0 aliphatic rings. The number of hydrogen-bond acceptors (Lipinski definition) is 0. The van der Waals surface area contributed by atoms with Crippen LogP contribution in [0, 0.1) is 0 Å². The molecule has 2 aromatic carbocycles. The second-order valence-electron chi connectivity index (χ2n) is 9.03. The number of hydrogen-bond donors (Lipinski definition) is 0. The van der Waals surface area contributed by atoms with E-state index in [9.17, 15) is 0 Å². The van der Waals surface area contributed by atoms with Gasteiger partial charge in [-0.15, -0.1) is 0 Å². The summed E-state index contributed by atoms with van der Waals surface area (Å²) < 4.78 is 0. The minimum absolute atomic E-state index is 1.29. The van der Waals surface area contributed by atoms with E-state index in [0.29, 0.717) is 0 Å². The van der Waals surface area contributed by atoms with Crippen LogP contribution in [0.5, 0.6) is 0 Å². The van der Waals surface area contributed by atoms with Crippen molar-refractivity contribution >= 4 is 31.4 Å². The van der Waals surface area contributed by atoms with Gasteiger partial charge in [-0.1, -0.05) is 0 Å². The first-order valence-corrected chi connectivity index (χ1v) is 17.1. The van der Waals surface area contributed by atoms with Crippen LogP contribution in [-0.2, 0) is 0 Å². The average Bonchev–Trinajstić information content (AvgIpc) is 2.80. The molecule has 2 rings (SSSR count). The quantitative estimate of drug-likeness (QED) is 0.162. The monoisotopic (exact) mass is 490 g/mol. The molecule has 2 aromatic rings. The Labute approximate surface area is 194 Å². The van der Waals surface area contributed by atoms with Gasteiger partial charge in [0.05, 0.1) is 0 Å². The van der Waals surface area contributed by atoms with Crippen LogP contribution in [0.2, 0.25) is 0 Å². The average molecular weight is 492 g/mol. The predicted octanol–water partition coefficient (Wildman–Crippen LogP) is 9.22. The summed E-state index contributed by atoms with van der Waals surface area (Å²) in [7, 11) is 0. The van der Waals surface area contributed by atoms with Crippen LogP contribution < -0.4 is 10.6 Å². The predicted molar refractivity (Wildman–Crippen MR) is 144 cm³/mol. The Morgan fingerprint density at radius 1 is 0.500 bits per heavy atom. The van der Waals surface area contributed by atoms with Gasteiger partial charge in [-0.25, -0.2) is 0 Å². The van der Waals surface area contributed by atoms with Crippen molar-refractivity contribution < 1.29 is 0 Å². The summed E-state index contributed by atoms with van der Waals surface area (Å²) in [4.78, 5) is 0. The summed E-state index contributed by atoms with van der Waals surface area (Å²) in [6.45, 7) is 4.60. The van der Waals surface area contributed by atoms with Crippen LogP contribution in [0.15, 0.2) is 60.7 Å². The molecule has 0 nitrogen and oxygen atoms in total. The molecule has 0 unspecified atom stereocenters. The second-order valence-corrected chi connectivity index (χ2v) is 18.8. The standard InChI is InChI=1S/C28H44BrP/c1-3-5-7-9-11-19-25-30(29,27-21-15-13-16-22-27,28-23-17-14-18-24-28)26-20-12-10-8-6-4-2/h13-18,21-24H,3-12,19-20,25-26H2,1-2H3. The van der Waals surface area contributed by atoms with Crippen LogP contribution in [0.25, 0.3) is 0 Å². The SMILES string of the molecule is CCCCCCCCP(Br)(CCCCCCCC)(c1ccccc1)c1ccccc1. The van der Waals surface area contributed by atoms with Gasteiger partial charge in [0, 0.05) is 0 Å². The normalized spacial score (nSPS) is 13.1. The van der Waals surface area contributed by atoms with E-state index < -0.39 is 5.31 Å². The van der Waals surface area contributed by atoms with Crippen LogP contribution in [0.4, 0.5) is 0 Å². The summed E-state index contributed by atoms with van der Waals surface area (Å²) in [5.74, 6) is 0. The number of rotatable bonds is 16. The van der Waals surface area contributed by atoms with Gasteiger partial charge in [-0.3, -0.25) is 0 Å². The Morgan fingerprint density at radius 2 is 0.833 bits per heavy atom. The fourth-order valence-electron chi connectivity index (χ4n) is 4.76. The first kappa shape index (κ1) is 25.6. The van der Waals surface area contributed by atoms with E-state index in [1.54, 1.807) is 10.6 Å². The first-order valence-electron chi connectivity index (χ1n) is 12.5. The van der Waals surface area contributed by atoms with E-state index in [0.717, 1.165) is 0 Å². The molecule has 0 aromatic heterocycles. The number of unbranched alkanes of at least 4 members (excludes halogenated alkanes) is 10. The van der Waals surface area contributed by atoms with Crippen molar-refractivity contribution in [3.63, 3.8) is 0 Å². The Bertz CT molecular complexity index is 623. The van der Waals surface area contributed by atoms with Gasteiger partial charge in [0.25, 0.3) is 0 Å². The van der Waals surface area contributed by atoms with Crippen LogP contribution >= 0.6 is 20.8 Å². The number of benzene rings is 2. The summed E-state index contributed by atoms with van der Waals surface area (Å²) in [5, 5.41) is 0.726. The maximum atomic E-state index is 4.61. The fraction of sp³-hybridized carbons (Fsp3) is 0.571. The second kappa shape index (κ2) is 13.7. The molecule has 0 heterocycles. The van der Waals surface area contributed by atoms with Crippen LogP contribution in [0.3, 0.4) is 0 Å². The zero-order valence-electron chi connectivity index (χ0n) is 19.5. The fourth-order valence-corrected chi connectivity index (χ4v) is 12.7. The Balaban J connectivity index is 2.25. The van der Waals surface area contributed by atoms with E-state index in [2.05, 4.69) is 90.0 Å². The van der Waals surface area contributed by atoms with Crippen molar-refractivity contribution in [2.45, 2.75) is 90.9 Å². The topological polar surface area (TPSA) is 0 Å². The zero-order valence-corrected chi connectivity index (χ0v) is 22.0. The molecule has 0 saturated carbocycles. The van der Waals surface area contributed by atoms with Crippen LogP contribution in [-0.4, -0.2) is 12.3 Å². The van der Waals surface area contributed by atoms with E-state index in [1.165, 1.54) is 89.4 Å². The maximum absolute atomic E-state index is 4.61. The third kappa shape index (κ3) is 7.20. The van der Waals surface area contributed by atoms with E-state index >= 15 is 0 Å². The molecule has 0 N–H and O–H groups in total. The molecule has 0 radical (unpaired) electrons. The molecular formula is C28H44BrP. The Hall–Kier alpha value is -0.650. The molecule has 0 aliphatic carbocycles. The van der Waals surface area contributed by atoms with Crippen molar-refractivity contribution in [2.24, 2.45) is 0 Å². The van der Waals surface area contributed by atoms with Crippen molar-refractivity contribution in [2.75, 3.05) is 12.3 Å². The molecule has 168 valence electrons. The summed E-state index contributed by atoms with van der Waals surface area (Å²) in [6.07, 6.45) is 18.9. The molecule has 0 fully saturated rings. The van der Waals surface area contributed by atoms with Crippen molar-refractivity contribution in [1.82, 2.24) is 0 Å². The van der Waals surface area contributed by atoms with Crippen molar-refractivity contribution in [3.8, 4) is 0 Å². The molecule has 0 bridgehead atoms. The minimum atomic E-state index is -2.38. The van der Waals surface area contributed by atoms with Crippen molar-refractivity contribution in [1.29, 1.82) is 0 Å². The molecule has 0 aliphatic heterocycles. The van der Waals surface area contributed by atoms with Gasteiger partial charge in [-0.2, -0.15) is 0 Å². The van der Waals surface area contributed by atoms with E-state index in [1.807, 2.05) is 0 Å². The summed E-state index contributed by atoms with van der Waals surface area (Å²) >= 11 is 4.61. The van der Waals surface area contributed by atoms with E-state index in [-0.39, 0.29) is 0 Å². The molecule has 0 saturated heterocycles. The molecular weight excluding hydrogens is 447 g/mol. The third-order valence-corrected chi connectivity index (χ3v) is 16.7. The molecule has 2 heteroatoms. The van der Waals surface area contributed by atoms with Gasteiger partial charge in [0.2, 0.25) is 0 Å². The van der Waals surface area contributed by atoms with Gasteiger partial charge >= 0.3 is 195 Å². The third-order valence-electron chi connectivity index (χ3n) is 6.65. The Morgan fingerprint density at radius 3 is 1.20 bits per heavy atom. The zero-order chi connectivity index (χ0) is 21.6. The molecule has 30 heavy (non-hydrogen) atoms. The molecule has 0 spiro atoms. The number of halogens is 1. The van der Waals surface area contributed by atoms with Gasteiger partial charge < -0.3 is 0 Å². The van der Waals surface area contributed by atoms with Gasteiger partial charge in [-0.05, 0) is 0 Å². The summed E-state index contributed by atoms with van der Waals surface area (Å²) in [6, 6.07) is 22.9. The summed E-state index contributed by atoms with van der Waals surface area (Å²) in [5.41, 5.74) is 0. The first-order chi connectivity index (χ1) is 14.6. The van der Waals surface area contributed by atoms with Crippen LogP contribution in [0.1, 0.15) is 90.9 Å². The molecule has 0 amide bonds.